The predicted molar refractivity (Wildman–Crippen MR) is 80.2 cm³/mol. The number of rotatable bonds is 1. The maximum absolute atomic E-state index is 11.4. The second kappa shape index (κ2) is 5.77. The lowest BCUT2D eigenvalue weighted by Crippen LogP contribution is -2.34. The van der Waals surface area contributed by atoms with Crippen molar-refractivity contribution in [3.8, 4) is 0 Å². The number of pyridine rings is 1. The van der Waals surface area contributed by atoms with Crippen LogP contribution >= 0.6 is 15.9 Å². The van der Waals surface area contributed by atoms with Crippen molar-refractivity contribution in [2.24, 2.45) is 0 Å². The Morgan fingerprint density at radius 2 is 2.11 bits per heavy atom. The summed E-state index contributed by atoms with van der Waals surface area (Å²) in [4.78, 5) is 19.9. The molecule has 2 rings (SSSR count). The number of nitrogens with two attached hydrogens (primary N) is 1. The van der Waals surface area contributed by atoms with E-state index in [0.717, 1.165) is 48.5 Å². The Morgan fingerprint density at radius 3 is 2.79 bits per heavy atom. The molecule has 5 nitrogen and oxygen atoms in total. The van der Waals surface area contributed by atoms with E-state index in [2.05, 4.69) is 25.8 Å². The van der Waals surface area contributed by atoms with Gasteiger partial charge in [-0.15, -0.1) is 0 Å². The first-order valence-electron chi connectivity index (χ1n) is 6.41. The zero-order valence-corrected chi connectivity index (χ0v) is 12.9. The molecule has 1 saturated heterocycles. The number of carbonyl (C=O) groups excluding carboxylic acids is 1. The van der Waals surface area contributed by atoms with Crippen molar-refractivity contribution in [2.75, 3.05) is 36.8 Å². The lowest BCUT2D eigenvalue weighted by molar-refractivity contribution is -0.128. The van der Waals surface area contributed by atoms with Crippen LogP contribution in [0.3, 0.4) is 0 Å². The van der Waals surface area contributed by atoms with Crippen molar-refractivity contribution >= 4 is 33.3 Å². The maximum Gasteiger partial charge on any atom is 0.219 e. The molecule has 2 N–H and O–H groups in total. The van der Waals surface area contributed by atoms with E-state index < -0.39 is 0 Å². The van der Waals surface area contributed by atoms with Gasteiger partial charge in [0, 0.05) is 33.1 Å². The largest absolute Gasteiger partial charge is 0.397 e. The fourth-order valence-corrected chi connectivity index (χ4v) is 2.83. The minimum absolute atomic E-state index is 0.141. The van der Waals surface area contributed by atoms with E-state index in [1.165, 1.54) is 0 Å². The molecule has 1 aliphatic rings. The highest BCUT2D eigenvalue weighted by atomic mass is 79.9. The lowest BCUT2D eigenvalue weighted by Gasteiger charge is -2.24. The molecular weight excluding hydrogens is 308 g/mol. The van der Waals surface area contributed by atoms with E-state index >= 15 is 0 Å². The predicted octanol–water partition coefficient (Wildman–Crippen LogP) is 1.79. The molecule has 2 heterocycles. The third-order valence-electron chi connectivity index (χ3n) is 3.53. The van der Waals surface area contributed by atoms with Gasteiger partial charge in [-0.25, -0.2) is 4.98 Å². The van der Waals surface area contributed by atoms with Crippen LogP contribution in [0.4, 0.5) is 11.5 Å². The maximum atomic E-state index is 11.4. The molecule has 0 unspecified atom stereocenters. The molecule has 104 valence electrons. The Balaban J connectivity index is 2.19. The fourth-order valence-electron chi connectivity index (χ4n) is 2.24. The van der Waals surface area contributed by atoms with Crippen molar-refractivity contribution in [3.05, 3.63) is 16.2 Å². The van der Waals surface area contributed by atoms with Gasteiger partial charge in [0.1, 0.15) is 5.82 Å². The van der Waals surface area contributed by atoms with Crippen molar-refractivity contribution < 1.29 is 4.79 Å². The molecule has 1 aliphatic heterocycles. The summed E-state index contributed by atoms with van der Waals surface area (Å²) < 4.78 is 0.948. The monoisotopic (exact) mass is 326 g/mol. The van der Waals surface area contributed by atoms with E-state index in [-0.39, 0.29) is 5.91 Å². The third kappa shape index (κ3) is 3.00. The quantitative estimate of drug-likeness (QED) is 0.854. The van der Waals surface area contributed by atoms with Gasteiger partial charge in [0.2, 0.25) is 5.91 Å². The van der Waals surface area contributed by atoms with Crippen LogP contribution in [0.5, 0.6) is 0 Å². The molecule has 0 bridgehead atoms. The first kappa shape index (κ1) is 14.1. The average molecular weight is 327 g/mol. The molecule has 1 aromatic heterocycles. The van der Waals surface area contributed by atoms with E-state index in [4.69, 9.17) is 5.73 Å². The Labute approximate surface area is 121 Å². The van der Waals surface area contributed by atoms with Crippen LogP contribution in [0.25, 0.3) is 0 Å². The summed E-state index contributed by atoms with van der Waals surface area (Å²) in [6.45, 7) is 6.86. The van der Waals surface area contributed by atoms with Crippen LogP contribution in [0, 0.1) is 6.92 Å². The molecule has 1 amide bonds. The highest BCUT2D eigenvalue weighted by molar-refractivity contribution is 9.10. The van der Waals surface area contributed by atoms with Gasteiger partial charge in [0.15, 0.2) is 0 Å². The topological polar surface area (TPSA) is 62.5 Å². The molecule has 0 aliphatic carbocycles. The van der Waals surface area contributed by atoms with Gasteiger partial charge in [-0.2, -0.15) is 0 Å². The molecule has 0 atom stereocenters. The molecule has 6 heteroatoms. The Morgan fingerprint density at radius 1 is 1.37 bits per heavy atom. The van der Waals surface area contributed by atoms with Gasteiger partial charge < -0.3 is 15.5 Å². The number of amides is 1. The van der Waals surface area contributed by atoms with Crippen molar-refractivity contribution in [1.82, 2.24) is 9.88 Å². The zero-order chi connectivity index (χ0) is 14.0. The molecule has 0 spiro atoms. The highest BCUT2D eigenvalue weighted by Gasteiger charge is 2.20. The molecule has 1 fully saturated rings. The van der Waals surface area contributed by atoms with Crippen LogP contribution < -0.4 is 10.6 Å². The third-order valence-corrected chi connectivity index (χ3v) is 4.47. The molecule has 19 heavy (non-hydrogen) atoms. The number of aromatic nitrogens is 1. The minimum Gasteiger partial charge on any atom is -0.397 e. The molecule has 0 aromatic carbocycles. The lowest BCUT2D eigenvalue weighted by atomic mass is 10.2. The standard InChI is InChI=1S/C13H19BrN4O/c1-9-11(15)8-16-13(12(9)14)18-5-3-4-17(6-7-18)10(2)19/h8H,3-7,15H2,1-2H3. The van der Waals surface area contributed by atoms with Gasteiger partial charge in [0.05, 0.1) is 16.4 Å². The average Bonchev–Trinajstić information content (AvgIpc) is 2.62. The Hall–Kier alpha value is -1.30. The molecular formula is C13H19BrN4O. The summed E-state index contributed by atoms with van der Waals surface area (Å²) in [5.41, 5.74) is 7.55. The number of anilines is 2. The summed E-state index contributed by atoms with van der Waals surface area (Å²) in [6.07, 6.45) is 2.65. The smallest absolute Gasteiger partial charge is 0.219 e. The van der Waals surface area contributed by atoms with Crippen LogP contribution in [0.1, 0.15) is 18.9 Å². The van der Waals surface area contributed by atoms with E-state index in [0.29, 0.717) is 5.69 Å². The van der Waals surface area contributed by atoms with Crippen LogP contribution in [0.2, 0.25) is 0 Å². The number of nitrogen functional groups attached to an aromatic ring is 1. The van der Waals surface area contributed by atoms with Crippen molar-refractivity contribution in [1.29, 1.82) is 0 Å². The molecule has 0 radical (unpaired) electrons. The first-order chi connectivity index (χ1) is 9.00. The van der Waals surface area contributed by atoms with Crippen LogP contribution in [-0.2, 0) is 4.79 Å². The summed E-state index contributed by atoms with van der Waals surface area (Å²) in [5.74, 6) is 1.06. The second-order valence-corrected chi connectivity index (χ2v) is 5.62. The Kier molecular flexibility index (Phi) is 4.29. The molecule has 0 saturated carbocycles. The van der Waals surface area contributed by atoms with Gasteiger partial charge in [0.25, 0.3) is 0 Å². The number of hydrogen-bond donors (Lipinski definition) is 1. The number of nitrogens with zero attached hydrogens (tertiary/aromatic N) is 3. The summed E-state index contributed by atoms with van der Waals surface area (Å²) in [6, 6.07) is 0. The summed E-state index contributed by atoms with van der Waals surface area (Å²) >= 11 is 3.57. The Bertz CT molecular complexity index is 492. The summed E-state index contributed by atoms with van der Waals surface area (Å²) in [5, 5.41) is 0. The number of halogens is 1. The van der Waals surface area contributed by atoms with Crippen LogP contribution in [0.15, 0.2) is 10.7 Å². The van der Waals surface area contributed by atoms with Crippen molar-refractivity contribution in [2.45, 2.75) is 20.3 Å². The number of carbonyl (C=O) groups is 1. The van der Waals surface area contributed by atoms with Gasteiger partial charge >= 0.3 is 0 Å². The fraction of sp³-hybridized carbons (Fsp3) is 0.538. The van der Waals surface area contributed by atoms with E-state index in [1.54, 1.807) is 13.1 Å². The van der Waals surface area contributed by atoms with Crippen LogP contribution in [-0.4, -0.2) is 42.0 Å². The SMILES string of the molecule is CC(=O)N1CCCN(c2ncc(N)c(C)c2Br)CC1. The van der Waals surface area contributed by atoms with E-state index in [9.17, 15) is 4.79 Å². The second-order valence-electron chi connectivity index (χ2n) is 4.82. The van der Waals surface area contributed by atoms with Gasteiger partial charge in [-0.05, 0) is 34.8 Å². The zero-order valence-electron chi connectivity index (χ0n) is 11.3. The van der Waals surface area contributed by atoms with Crippen molar-refractivity contribution in [3.63, 3.8) is 0 Å². The molecule has 1 aromatic rings. The first-order valence-corrected chi connectivity index (χ1v) is 7.21. The number of hydrogen-bond acceptors (Lipinski definition) is 4. The summed E-state index contributed by atoms with van der Waals surface area (Å²) in [7, 11) is 0. The van der Waals surface area contributed by atoms with Gasteiger partial charge in [-0.1, -0.05) is 0 Å². The van der Waals surface area contributed by atoms with E-state index in [1.807, 2.05) is 11.8 Å². The van der Waals surface area contributed by atoms with Gasteiger partial charge in [-0.3, -0.25) is 4.79 Å². The highest BCUT2D eigenvalue weighted by Crippen LogP contribution is 2.30. The normalized spacial score (nSPS) is 16.4. The minimum atomic E-state index is 0.141.